The lowest BCUT2D eigenvalue weighted by molar-refractivity contribution is 0.0600. The van der Waals surface area contributed by atoms with Gasteiger partial charge in [-0.2, -0.15) is 10.4 Å². The Morgan fingerprint density at radius 3 is 2.68 bits per heavy atom. The van der Waals surface area contributed by atoms with E-state index in [2.05, 4.69) is 15.9 Å². The van der Waals surface area contributed by atoms with Crippen LogP contribution >= 0.6 is 0 Å². The number of ether oxygens (including phenoxy) is 1. The third-order valence-corrected chi connectivity index (χ3v) is 2.29. The van der Waals surface area contributed by atoms with Gasteiger partial charge >= 0.3 is 5.97 Å². The monoisotopic (exact) mass is 257 g/mol. The van der Waals surface area contributed by atoms with Gasteiger partial charge in [0.05, 0.1) is 23.9 Å². The van der Waals surface area contributed by atoms with Crippen LogP contribution in [0.1, 0.15) is 29.8 Å². The fourth-order valence-corrected chi connectivity index (χ4v) is 1.47. The summed E-state index contributed by atoms with van der Waals surface area (Å²) >= 11 is 0. The summed E-state index contributed by atoms with van der Waals surface area (Å²) in [7, 11) is 1.31. The van der Waals surface area contributed by atoms with E-state index in [0.29, 0.717) is 16.8 Å². The maximum absolute atomic E-state index is 11.4. The number of methoxy groups -OCH3 is 1. The molecule has 0 spiro atoms. The van der Waals surface area contributed by atoms with Gasteiger partial charge in [0, 0.05) is 12.4 Å². The fraction of sp³-hybridized carbons (Fsp3) is 0.214. The van der Waals surface area contributed by atoms with Crippen molar-refractivity contribution in [3.8, 4) is 11.8 Å². The zero-order valence-corrected chi connectivity index (χ0v) is 11.1. The van der Waals surface area contributed by atoms with Gasteiger partial charge in [-0.05, 0) is 24.3 Å². The molecule has 2 aromatic rings. The van der Waals surface area contributed by atoms with Crippen LogP contribution in [0, 0.1) is 11.3 Å². The van der Waals surface area contributed by atoms with Crippen LogP contribution in [0.2, 0.25) is 0 Å². The number of hydrogen-bond donors (Lipinski definition) is 0. The van der Waals surface area contributed by atoms with Crippen LogP contribution in [-0.4, -0.2) is 22.9 Å². The zero-order chi connectivity index (χ0) is 14.3. The Kier molecular flexibility index (Phi) is 5.30. The molecular weight excluding hydrogens is 242 g/mol. The Bertz CT molecular complexity index is 583. The van der Waals surface area contributed by atoms with E-state index in [-0.39, 0.29) is 0 Å². The fourth-order valence-electron chi connectivity index (χ4n) is 1.47. The summed E-state index contributed by atoms with van der Waals surface area (Å²) < 4.78 is 6.16. The van der Waals surface area contributed by atoms with Gasteiger partial charge in [0.15, 0.2) is 0 Å². The lowest BCUT2D eigenvalue weighted by Crippen LogP contribution is -2.05. The highest BCUT2D eigenvalue weighted by Crippen LogP contribution is 2.16. The second-order valence-electron chi connectivity index (χ2n) is 3.29. The van der Waals surface area contributed by atoms with E-state index < -0.39 is 5.97 Å². The first kappa shape index (κ1) is 14.5. The van der Waals surface area contributed by atoms with E-state index in [9.17, 15) is 4.79 Å². The zero-order valence-electron chi connectivity index (χ0n) is 11.1. The summed E-state index contributed by atoms with van der Waals surface area (Å²) in [6, 6.07) is 8.50. The molecule has 2 rings (SSSR count). The first-order valence-electron chi connectivity index (χ1n) is 5.88. The molecule has 0 radical (unpaired) electrons. The van der Waals surface area contributed by atoms with Gasteiger partial charge in [-0.1, -0.05) is 13.8 Å². The van der Waals surface area contributed by atoms with Crippen molar-refractivity contribution < 1.29 is 9.53 Å². The summed E-state index contributed by atoms with van der Waals surface area (Å²) in [5.41, 5.74) is 1.39. The second kappa shape index (κ2) is 6.97. The van der Waals surface area contributed by atoms with Crippen LogP contribution in [0.4, 0.5) is 0 Å². The lowest BCUT2D eigenvalue weighted by atomic mass is 10.1. The quantitative estimate of drug-likeness (QED) is 0.775. The molecule has 0 amide bonds. The maximum atomic E-state index is 11.4. The van der Waals surface area contributed by atoms with Crippen LogP contribution in [0.5, 0.6) is 0 Å². The van der Waals surface area contributed by atoms with Gasteiger partial charge < -0.3 is 4.74 Å². The van der Waals surface area contributed by atoms with Crippen LogP contribution < -0.4 is 0 Å². The molecule has 1 aromatic carbocycles. The number of rotatable bonds is 2. The molecule has 0 saturated carbocycles. The first-order chi connectivity index (χ1) is 9.26. The minimum absolute atomic E-state index is 0.386. The van der Waals surface area contributed by atoms with Crippen molar-refractivity contribution in [1.29, 1.82) is 5.26 Å². The van der Waals surface area contributed by atoms with Gasteiger partial charge in [0.2, 0.25) is 0 Å². The molecule has 0 aliphatic rings. The number of nitriles is 1. The summed E-state index contributed by atoms with van der Waals surface area (Å²) in [4.78, 5) is 11.4. The highest BCUT2D eigenvalue weighted by Gasteiger charge is 2.11. The third-order valence-electron chi connectivity index (χ3n) is 2.29. The Morgan fingerprint density at radius 2 is 2.16 bits per heavy atom. The summed E-state index contributed by atoms with van der Waals surface area (Å²) in [5.74, 6) is -0.442. The van der Waals surface area contributed by atoms with E-state index in [4.69, 9.17) is 5.26 Å². The van der Waals surface area contributed by atoms with E-state index in [0.717, 1.165) is 0 Å². The average molecular weight is 257 g/mol. The molecule has 5 nitrogen and oxygen atoms in total. The van der Waals surface area contributed by atoms with Crippen molar-refractivity contribution in [2.24, 2.45) is 0 Å². The topological polar surface area (TPSA) is 67.9 Å². The molecular formula is C14H15N3O2. The SMILES string of the molecule is CC.COC(=O)c1ccc(C#N)c(-n2cccn2)c1. The number of benzene rings is 1. The predicted octanol–water partition coefficient (Wildman–Crippen LogP) is 2.56. The van der Waals surface area contributed by atoms with Gasteiger partial charge in [0.1, 0.15) is 6.07 Å². The number of hydrogen-bond acceptors (Lipinski definition) is 4. The molecule has 5 heteroatoms. The molecule has 0 unspecified atom stereocenters. The van der Waals surface area contributed by atoms with Gasteiger partial charge in [-0.15, -0.1) is 0 Å². The summed E-state index contributed by atoms with van der Waals surface area (Å²) in [6.45, 7) is 4.00. The Balaban J connectivity index is 0.000000861. The molecule has 0 N–H and O–H groups in total. The third kappa shape index (κ3) is 3.19. The van der Waals surface area contributed by atoms with Gasteiger partial charge in [0.25, 0.3) is 0 Å². The molecule has 1 aromatic heterocycles. The Hall–Kier alpha value is -2.61. The average Bonchev–Trinajstić information content (AvgIpc) is 3.02. The molecule has 19 heavy (non-hydrogen) atoms. The van der Waals surface area contributed by atoms with Gasteiger partial charge in [-0.25, -0.2) is 9.48 Å². The second-order valence-corrected chi connectivity index (χ2v) is 3.29. The number of esters is 1. The van der Waals surface area contributed by atoms with Crippen LogP contribution in [-0.2, 0) is 4.74 Å². The van der Waals surface area contributed by atoms with Crippen LogP contribution in [0.15, 0.2) is 36.7 Å². The van der Waals surface area contributed by atoms with Crippen molar-refractivity contribution >= 4 is 5.97 Å². The summed E-state index contributed by atoms with van der Waals surface area (Å²) in [5, 5.41) is 13.0. The van der Waals surface area contributed by atoms with E-state index in [1.165, 1.54) is 11.8 Å². The maximum Gasteiger partial charge on any atom is 0.337 e. The molecule has 0 saturated heterocycles. The lowest BCUT2D eigenvalue weighted by Gasteiger charge is -2.06. The first-order valence-corrected chi connectivity index (χ1v) is 5.88. The molecule has 0 atom stereocenters. The number of carbonyl (C=O) groups excluding carboxylic acids is 1. The Labute approximate surface area is 112 Å². The minimum atomic E-state index is -0.442. The molecule has 98 valence electrons. The van der Waals surface area contributed by atoms with Crippen molar-refractivity contribution in [2.75, 3.05) is 7.11 Å². The normalized spacial score (nSPS) is 8.95. The standard InChI is InChI=1S/C12H9N3O2.C2H6/c1-17-12(16)9-3-4-10(8-13)11(7-9)15-6-2-5-14-15;1-2/h2-7H,1H3;1-2H3. The highest BCUT2D eigenvalue weighted by atomic mass is 16.5. The molecule has 0 aliphatic heterocycles. The van der Waals surface area contributed by atoms with E-state index in [1.807, 2.05) is 13.8 Å². The van der Waals surface area contributed by atoms with Crippen molar-refractivity contribution in [1.82, 2.24) is 9.78 Å². The number of aromatic nitrogens is 2. The number of carbonyl (C=O) groups is 1. The minimum Gasteiger partial charge on any atom is -0.465 e. The van der Waals surface area contributed by atoms with E-state index in [1.54, 1.807) is 36.7 Å². The van der Waals surface area contributed by atoms with Crippen molar-refractivity contribution in [3.63, 3.8) is 0 Å². The molecule has 0 fully saturated rings. The highest BCUT2D eigenvalue weighted by molar-refractivity contribution is 5.90. The summed E-state index contributed by atoms with van der Waals surface area (Å²) in [6.07, 6.45) is 3.31. The van der Waals surface area contributed by atoms with E-state index >= 15 is 0 Å². The molecule has 0 aliphatic carbocycles. The smallest absolute Gasteiger partial charge is 0.337 e. The largest absolute Gasteiger partial charge is 0.465 e. The van der Waals surface area contributed by atoms with Crippen molar-refractivity contribution in [2.45, 2.75) is 13.8 Å². The Morgan fingerprint density at radius 1 is 1.42 bits per heavy atom. The predicted molar refractivity (Wildman–Crippen MR) is 71.0 cm³/mol. The van der Waals surface area contributed by atoms with Crippen LogP contribution in [0.25, 0.3) is 5.69 Å². The van der Waals surface area contributed by atoms with Crippen molar-refractivity contribution in [3.05, 3.63) is 47.8 Å². The molecule has 1 heterocycles. The van der Waals surface area contributed by atoms with Gasteiger partial charge in [-0.3, -0.25) is 0 Å². The van der Waals surface area contributed by atoms with Crippen LogP contribution in [0.3, 0.4) is 0 Å². The molecule has 0 bridgehead atoms. The number of nitrogens with zero attached hydrogens (tertiary/aromatic N) is 3.